The van der Waals surface area contributed by atoms with Crippen molar-refractivity contribution in [2.75, 3.05) is 18.0 Å². The Balaban J connectivity index is 1.54. The quantitative estimate of drug-likeness (QED) is 0.842. The minimum absolute atomic E-state index is 0.0221. The first kappa shape index (κ1) is 16.2. The van der Waals surface area contributed by atoms with Crippen LogP contribution in [0.15, 0.2) is 35.5 Å². The van der Waals surface area contributed by atoms with E-state index in [2.05, 4.69) is 27.2 Å². The molecule has 1 unspecified atom stereocenters. The molecule has 1 saturated heterocycles. The predicted octanol–water partition coefficient (Wildman–Crippen LogP) is 0.665. The highest BCUT2D eigenvalue weighted by Crippen LogP contribution is 2.14. The van der Waals surface area contributed by atoms with Gasteiger partial charge in [0.2, 0.25) is 5.91 Å². The molecule has 0 aromatic carbocycles. The SMILES string of the molecule is CCc1ccc(CC(=O)NC2CCN(c3ncc[nH]c3=O)C2)nc1. The second kappa shape index (κ2) is 7.25. The lowest BCUT2D eigenvalue weighted by atomic mass is 10.2. The van der Waals surface area contributed by atoms with Crippen LogP contribution in [0.3, 0.4) is 0 Å². The molecule has 1 aliphatic rings. The molecule has 0 saturated carbocycles. The van der Waals surface area contributed by atoms with Crippen LogP contribution < -0.4 is 15.8 Å². The highest BCUT2D eigenvalue weighted by atomic mass is 16.1. The molecule has 1 amide bonds. The fraction of sp³-hybridized carbons (Fsp3) is 0.412. The highest BCUT2D eigenvalue weighted by molar-refractivity contribution is 5.78. The van der Waals surface area contributed by atoms with Crippen LogP contribution in [0.2, 0.25) is 0 Å². The van der Waals surface area contributed by atoms with Gasteiger partial charge in [-0.2, -0.15) is 0 Å². The Labute approximate surface area is 140 Å². The van der Waals surface area contributed by atoms with Gasteiger partial charge >= 0.3 is 0 Å². The maximum atomic E-state index is 12.2. The van der Waals surface area contributed by atoms with E-state index < -0.39 is 0 Å². The number of nitrogens with one attached hydrogen (secondary N) is 2. The fourth-order valence-electron chi connectivity index (χ4n) is 2.85. The standard InChI is InChI=1S/C17H21N5O2/c1-2-12-3-4-13(20-10-12)9-15(23)21-14-5-8-22(11-14)16-17(24)19-7-6-18-16/h3-4,6-7,10,14H,2,5,8-9,11H2,1H3,(H,19,24)(H,21,23). The molecule has 2 aromatic heterocycles. The first-order valence-corrected chi connectivity index (χ1v) is 8.17. The average molecular weight is 327 g/mol. The molecule has 0 aliphatic carbocycles. The molecule has 2 aromatic rings. The molecular weight excluding hydrogens is 306 g/mol. The molecule has 0 bridgehead atoms. The summed E-state index contributed by atoms with van der Waals surface area (Å²) in [7, 11) is 0. The van der Waals surface area contributed by atoms with Crippen molar-refractivity contribution in [2.45, 2.75) is 32.2 Å². The highest BCUT2D eigenvalue weighted by Gasteiger charge is 2.26. The number of carbonyl (C=O) groups is 1. The van der Waals surface area contributed by atoms with Crippen molar-refractivity contribution in [3.8, 4) is 0 Å². The van der Waals surface area contributed by atoms with E-state index in [-0.39, 0.29) is 23.9 Å². The number of anilines is 1. The first-order chi connectivity index (χ1) is 11.7. The number of carbonyl (C=O) groups excluding carboxylic acids is 1. The number of pyridine rings is 1. The molecule has 24 heavy (non-hydrogen) atoms. The van der Waals surface area contributed by atoms with Crippen molar-refractivity contribution < 1.29 is 4.79 Å². The van der Waals surface area contributed by atoms with E-state index >= 15 is 0 Å². The zero-order valence-electron chi connectivity index (χ0n) is 13.7. The summed E-state index contributed by atoms with van der Waals surface area (Å²) in [5.74, 6) is 0.361. The normalized spacial score (nSPS) is 17.0. The van der Waals surface area contributed by atoms with Crippen LogP contribution in [-0.4, -0.2) is 40.0 Å². The van der Waals surface area contributed by atoms with E-state index in [4.69, 9.17) is 0 Å². The minimum Gasteiger partial charge on any atom is -0.351 e. The number of hydrogen-bond acceptors (Lipinski definition) is 5. The summed E-state index contributed by atoms with van der Waals surface area (Å²) in [5, 5.41) is 3.01. The molecule has 0 spiro atoms. The van der Waals surface area contributed by atoms with Gasteiger partial charge in [-0.05, 0) is 24.5 Å². The molecule has 0 radical (unpaired) electrons. The van der Waals surface area contributed by atoms with Gasteiger partial charge in [0.15, 0.2) is 5.82 Å². The lowest BCUT2D eigenvalue weighted by molar-refractivity contribution is -0.121. The summed E-state index contributed by atoms with van der Waals surface area (Å²) in [6.45, 7) is 3.37. The minimum atomic E-state index is -0.204. The lowest BCUT2D eigenvalue weighted by Gasteiger charge is -2.16. The summed E-state index contributed by atoms with van der Waals surface area (Å²) in [5.41, 5.74) is 1.72. The Morgan fingerprint density at radius 3 is 3.00 bits per heavy atom. The van der Waals surface area contributed by atoms with Crippen molar-refractivity contribution in [3.05, 3.63) is 52.3 Å². The molecule has 3 heterocycles. The van der Waals surface area contributed by atoms with Crippen LogP contribution in [0.4, 0.5) is 5.82 Å². The van der Waals surface area contributed by atoms with Gasteiger partial charge in [0, 0.05) is 43.4 Å². The zero-order chi connectivity index (χ0) is 16.9. The van der Waals surface area contributed by atoms with Gasteiger partial charge in [0.25, 0.3) is 5.56 Å². The summed E-state index contributed by atoms with van der Waals surface area (Å²) < 4.78 is 0. The maximum Gasteiger partial charge on any atom is 0.290 e. The number of hydrogen-bond donors (Lipinski definition) is 2. The van der Waals surface area contributed by atoms with Crippen molar-refractivity contribution >= 4 is 11.7 Å². The zero-order valence-corrected chi connectivity index (χ0v) is 13.7. The third-order valence-electron chi connectivity index (χ3n) is 4.18. The second-order valence-corrected chi connectivity index (χ2v) is 5.93. The van der Waals surface area contributed by atoms with Gasteiger partial charge in [-0.15, -0.1) is 0 Å². The average Bonchev–Trinajstić information content (AvgIpc) is 3.04. The maximum absolute atomic E-state index is 12.2. The van der Waals surface area contributed by atoms with Crippen LogP contribution in [0, 0.1) is 0 Å². The smallest absolute Gasteiger partial charge is 0.290 e. The number of rotatable bonds is 5. The Bertz CT molecular complexity index is 756. The molecule has 2 N–H and O–H groups in total. The third kappa shape index (κ3) is 3.79. The number of aromatic amines is 1. The van der Waals surface area contributed by atoms with Gasteiger partial charge in [0.05, 0.1) is 6.42 Å². The summed E-state index contributed by atoms with van der Waals surface area (Å²) in [6.07, 6.45) is 6.89. The van der Waals surface area contributed by atoms with E-state index in [1.54, 1.807) is 6.20 Å². The fourth-order valence-corrected chi connectivity index (χ4v) is 2.85. The van der Waals surface area contributed by atoms with E-state index in [1.165, 1.54) is 6.20 Å². The van der Waals surface area contributed by atoms with Crippen molar-refractivity contribution in [1.29, 1.82) is 0 Å². The Morgan fingerprint density at radius 1 is 1.42 bits per heavy atom. The molecule has 7 nitrogen and oxygen atoms in total. The Morgan fingerprint density at radius 2 is 2.29 bits per heavy atom. The molecule has 3 rings (SSSR count). The van der Waals surface area contributed by atoms with Crippen molar-refractivity contribution in [1.82, 2.24) is 20.3 Å². The summed E-state index contributed by atoms with van der Waals surface area (Å²) >= 11 is 0. The van der Waals surface area contributed by atoms with E-state index in [0.29, 0.717) is 18.9 Å². The van der Waals surface area contributed by atoms with E-state index in [1.807, 2.05) is 23.2 Å². The Kier molecular flexibility index (Phi) is 4.88. The van der Waals surface area contributed by atoms with E-state index in [9.17, 15) is 9.59 Å². The molecule has 7 heteroatoms. The first-order valence-electron chi connectivity index (χ1n) is 8.17. The monoisotopic (exact) mass is 327 g/mol. The summed E-state index contributed by atoms with van der Waals surface area (Å²) in [4.78, 5) is 36.9. The number of aryl methyl sites for hydroxylation is 1. The summed E-state index contributed by atoms with van der Waals surface area (Å²) in [6, 6.07) is 3.92. The predicted molar refractivity (Wildman–Crippen MR) is 90.9 cm³/mol. The topological polar surface area (TPSA) is 91.0 Å². The van der Waals surface area contributed by atoms with Crippen LogP contribution in [0.5, 0.6) is 0 Å². The molecular formula is C17H21N5O2. The van der Waals surface area contributed by atoms with E-state index in [0.717, 1.165) is 24.1 Å². The van der Waals surface area contributed by atoms with Crippen LogP contribution in [0.25, 0.3) is 0 Å². The van der Waals surface area contributed by atoms with Crippen molar-refractivity contribution in [2.24, 2.45) is 0 Å². The van der Waals surface area contributed by atoms with Gasteiger partial charge in [-0.25, -0.2) is 4.98 Å². The largest absolute Gasteiger partial charge is 0.351 e. The molecule has 1 atom stereocenters. The second-order valence-electron chi connectivity index (χ2n) is 5.93. The van der Waals surface area contributed by atoms with Gasteiger partial charge in [-0.3, -0.25) is 14.6 Å². The van der Waals surface area contributed by atoms with Crippen molar-refractivity contribution in [3.63, 3.8) is 0 Å². The van der Waals surface area contributed by atoms with Crippen LogP contribution in [0.1, 0.15) is 24.6 Å². The molecule has 1 aliphatic heterocycles. The number of amides is 1. The lowest BCUT2D eigenvalue weighted by Crippen LogP contribution is -2.39. The van der Waals surface area contributed by atoms with Gasteiger partial charge < -0.3 is 15.2 Å². The number of aromatic nitrogens is 3. The van der Waals surface area contributed by atoms with Gasteiger partial charge in [-0.1, -0.05) is 13.0 Å². The van der Waals surface area contributed by atoms with Crippen LogP contribution in [-0.2, 0) is 17.6 Å². The third-order valence-corrected chi connectivity index (χ3v) is 4.18. The number of H-pyrrole nitrogens is 1. The molecule has 1 fully saturated rings. The van der Waals surface area contributed by atoms with Crippen LogP contribution >= 0.6 is 0 Å². The number of nitrogens with zero attached hydrogens (tertiary/aromatic N) is 3. The van der Waals surface area contributed by atoms with Gasteiger partial charge in [0.1, 0.15) is 0 Å². The Hall–Kier alpha value is -2.70. The molecule has 126 valence electrons.